The van der Waals surface area contributed by atoms with Crippen LogP contribution in [-0.4, -0.2) is 31.9 Å². The van der Waals surface area contributed by atoms with E-state index in [0.717, 1.165) is 11.1 Å². The fraction of sp³-hybridized carbons (Fsp3) is 0.316. The lowest BCUT2D eigenvalue weighted by Gasteiger charge is -2.07. The summed E-state index contributed by atoms with van der Waals surface area (Å²) in [7, 11) is 0. The third-order valence-electron chi connectivity index (χ3n) is 4.04. The summed E-state index contributed by atoms with van der Waals surface area (Å²) < 4.78 is 6.22. The van der Waals surface area contributed by atoms with Gasteiger partial charge in [-0.25, -0.2) is 4.68 Å². The Morgan fingerprint density at radius 2 is 1.96 bits per heavy atom. The topological polar surface area (TPSA) is 103 Å². The van der Waals surface area contributed by atoms with E-state index in [1.54, 1.807) is 6.07 Å². The van der Waals surface area contributed by atoms with Crippen LogP contribution in [0.5, 0.6) is 0 Å². The average molecular weight is 367 g/mol. The molecule has 3 rings (SSSR count). The summed E-state index contributed by atoms with van der Waals surface area (Å²) in [6.07, 6.45) is 0. The third-order valence-corrected chi connectivity index (χ3v) is 4.04. The van der Waals surface area contributed by atoms with Gasteiger partial charge in [0.05, 0.1) is 5.69 Å². The molecule has 3 aromatic rings. The molecule has 1 amide bonds. The molecule has 0 radical (unpaired) electrons. The van der Waals surface area contributed by atoms with Crippen LogP contribution in [0.15, 0.2) is 39.6 Å². The molecule has 0 aliphatic carbocycles. The van der Waals surface area contributed by atoms with Crippen LogP contribution < -0.4 is 10.9 Å². The molecule has 8 nitrogen and oxygen atoms in total. The molecule has 0 spiro atoms. The van der Waals surface area contributed by atoms with Gasteiger partial charge in [-0.3, -0.25) is 9.59 Å². The Morgan fingerprint density at radius 3 is 2.67 bits per heavy atom. The van der Waals surface area contributed by atoms with Gasteiger partial charge in [-0.15, -0.1) is 0 Å². The maximum absolute atomic E-state index is 12.1. The van der Waals surface area contributed by atoms with Crippen LogP contribution in [0.4, 0.5) is 0 Å². The first kappa shape index (κ1) is 18.5. The second-order valence-electron chi connectivity index (χ2n) is 6.66. The number of nitrogens with one attached hydrogen (secondary N) is 1. The zero-order chi connectivity index (χ0) is 19.6. The van der Waals surface area contributed by atoms with Gasteiger partial charge in [0.1, 0.15) is 6.54 Å². The van der Waals surface area contributed by atoms with E-state index in [9.17, 15) is 9.59 Å². The maximum Gasteiger partial charge on any atom is 0.316 e. The van der Waals surface area contributed by atoms with Gasteiger partial charge in [-0.2, -0.15) is 10.1 Å². The van der Waals surface area contributed by atoms with Crippen molar-refractivity contribution in [3.63, 3.8) is 0 Å². The number of carbonyl (C=O) groups is 1. The number of amides is 1. The number of aromatic nitrogens is 4. The van der Waals surface area contributed by atoms with Gasteiger partial charge in [0.2, 0.25) is 0 Å². The lowest BCUT2D eigenvalue weighted by molar-refractivity contribution is 0.0899. The maximum atomic E-state index is 12.1. The number of hydrogen-bond acceptors (Lipinski definition) is 6. The summed E-state index contributed by atoms with van der Waals surface area (Å²) in [6.45, 7) is 7.73. The van der Waals surface area contributed by atoms with Gasteiger partial charge < -0.3 is 9.84 Å². The normalized spacial score (nSPS) is 11.0. The SMILES string of the molecule is Cc1ccc(-c2ccc(=O)n(Cc3noc(C(=O)NC(C)C)n3)n2)cc1C. The molecule has 0 atom stereocenters. The number of carbonyl (C=O) groups excluding carboxylic acids is 1. The molecule has 2 heterocycles. The van der Waals surface area contributed by atoms with Gasteiger partial charge in [0, 0.05) is 17.7 Å². The monoisotopic (exact) mass is 367 g/mol. The fourth-order valence-electron chi connectivity index (χ4n) is 2.49. The van der Waals surface area contributed by atoms with Crippen molar-refractivity contribution in [2.24, 2.45) is 0 Å². The Kier molecular flexibility index (Phi) is 5.16. The van der Waals surface area contributed by atoms with Crippen LogP contribution in [0.25, 0.3) is 11.3 Å². The van der Waals surface area contributed by atoms with E-state index in [1.807, 2.05) is 45.9 Å². The van der Waals surface area contributed by atoms with E-state index in [1.165, 1.54) is 16.3 Å². The number of benzene rings is 1. The minimum absolute atomic E-state index is 0.00990. The van der Waals surface area contributed by atoms with Gasteiger partial charge >= 0.3 is 11.8 Å². The van der Waals surface area contributed by atoms with Gasteiger partial charge in [0.15, 0.2) is 5.82 Å². The molecule has 0 aliphatic heterocycles. The second-order valence-corrected chi connectivity index (χ2v) is 6.66. The summed E-state index contributed by atoms with van der Waals surface area (Å²) in [6, 6.07) is 9.08. The van der Waals surface area contributed by atoms with E-state index >= 15 is 0 Å². The lowest BCUT2D eigenvalue weighted by Crippen LogP contribution is -2.30. The van der Waals surface area contributed by atoms with Crippen molar-refractivity contribution >= 4 is 5.91 Å². The van der Waals surface area contributed by atoms with Crippen LogP contribution in [0.3, 0.4) is 0 Å². The summed E-state index contributed by atoms with van der Waals surface area (Å²) in [5.41, 5.74) is 3.62. The smallest absolute Gasteiger partial charge is 0.316 e. The van der Waals surface area contributed by atoms with Crippen LogP contribution >= 0.6 is 0 Å². The predicted molar refractivity (Wildman–Crippen MR) is 99.4 cm³/mol. The minimum Gasteiger partial charge on any atom is -0.346 e. The van der Waals surface area contributed by atoms with Crippen molar-refractivity contribution < 1.29 is 9.32 Å². The second kappa shape index (κ2) is 7.53. The first-order valence-electron chi connectivity index (χ1n) is 8.62. The van der Waals surface area contributed by atoms with E-state index in [0.29, 0.717) is 5.69 Å². The van der Waals surface area contributed by atoms with E-state index in [2.05, 4.69) is 20.6 Å². The van der Waals surface area contributed by atoms with Gasteiger partial charge in [-0.1, -0.05) is 17.3 Å². The molecule has 2 aromatic heterocycles. The van der Waals surface area contributed by atoms with Gasteiger partial charge in [0.25, 0.3) is 5.56 Å². The van der Waals surface area contributed by atoms with Crippen LogP contribution in [-0.2, 0) is 6.54 Å². The highest BCUT2D eigenvalue weighted by atomic mass is 16.5. The third kappa shape index (κ3) is 4.28. The Bertz CT molecular complexity index is 1040. The summed E-state index contributed by atoms with van der Waals surface area (Å²) in [5.74, 6) is -0.388. The standard InChI is InChI=1S/C19H21N5O3/c1-11(2)20-18(26)19-21-16(23-27-19)10-24-17(25)8-7-15(22-24)14-6-5-12(3)13(4)9-14/h5-9,11H,10H2,1-4H3,(H,20,26). The molecule has 140 valence electrons. The van der Waals surface area contributed by atoms with Crippen molar-refractivity contribution in [1.29, 1.82) is 0 Å². The summed E-state index contributed by atoms with van der Waals surface area (Å²) in [5, 5.41) is 10.8. The minimum atomic E-state index is -0.451. The van der Waals surface area contributed by atoms with E-state index in [-0.39, 0.29) is 29.9 Å². The highest BCUT2D eigenvalue weighted by Gasteiger charge is 2.16. The molecule has 8 heteroatoms. The van der Waals surface area contributed by atoms with Crippen molar-refractivity contribution in [2.45, 2.75) is 40.3 Å². The highest BCUT2D eigenvalue weighted by Crippen LogP contribution is 2.19. The number of nitrogens with zero attached hydrogens (tertiary/aromatic N) is 4. The number of aryl methyl sites for hydroxylation is 2. The van der Waals surface area contributed by atoms with Crippen LogP contribution in [0.2, 0.25) is 0 Å². The average Bonchev–Trinajstić information content (AvgIpc) is 3.07. The van der Waals surface area contributed by atoms with E-state index in [4.69, 9.17) is 4.52 Å². The molecule has 1 aromatic carbocycles. The van der Waals surface area contributed by atoms with Crippen LogP contribution in [0.1, 0.15) is 41.5 Å². The largest absolute Gasteiger partial charge is 0.346 e. The highest BCUT2D eigenvalue weighted by molar-refractivity contribution is 5.89. The van der Waals surface area contributed by atoms with E-state index < -0.39 is 5.91 Å². The molecular weight excluding hydrogens is 346 g/mol. The molecule has 0 saturated carbocycles. The van der Waals surface area contributed by atoms with Gasteiger partial charge in [-0.05, 0) is 51.0 Å². The number of hydrogen-bond donors (Lipinski definition) is 1. The Hall–Kier alpha value is -3.29. The Morgan fingerprint density at radius 1 is 1.19 bits per heavy atom. The zero-order valence-corrected chi connectivity index (χ0v) is 15.7. The van der Waals surface area contributed by atoms with Crippen LogP contribution in [0, 0.1) is 13.8 Å². The molecule has 0 unspecified atom stereocenters. The molecule has 1 N–H and O–H groups in total. The quantitative estimate of drug-likeness (QED) is 0.741. The predicted octanol–water partition coefficient (Wildman–Crippen LogP) is 2.10. The zero-order valence-electron chi connectivity index (χ0n) is 15.7. The molecule has 0 saturated heterocycles. The molecule has 27 heavy (non-hydrogen) atoms. The molecule has 0 fully saturated rings. The molecule has 0 bridgehead atoms. The fourth-order valence-corrected chi connectivity index (χ4v) is 2.49. The summed E-state index contributed by atoms with van der Waals surface area (Å²) >= 11 is 0. The van der Waals surface area contributed by atoms with Crippen molar-refractivity contribution in [2.75, 3.05) is 0 Å². The lowest BCUT2D eigenvalue weighted by atomic mass is 10.0. The first-order chi connectivity index (χ1) is 12.8. The Balaban J connectivity index is 1.85. The first-order valence-corrected chi connectivity index (χ1v) is 8.62. The van der Waals surface area contributed by atoms with Crippen molar-refractivity contribution in [1.82, 2.24) is 25.2 Å². The van der Waals surface area contributed by atoms with Crippen molar-refractivity contribution in [3.05, 3.63) is 63.5 Å². The van der Waals surface area contributed by atoms with Crippen molar-refractivity contribution in [3.8, 4) is 11.3 Å². The molecular formula is C19H21N5O3. The number of rotatable bonds is 5. The molecule has 0 aliphatic rings. The summed E-state index contributed by atoms with van der Waals surface area (Å²) in [4.78, 5) is 28.1. The Labute approximate surface area is 156 Å².